The first kappa shape index (κ1) is 9.39. The number of rotatable bonds is 2. The van der Waals surface area contributed by atoms with Crippen molar-refractivity contribution < 1.29 is 9.90 Å². The van der Waals surface area contributed by atoms with E-state index < -0.39 is 5.97 Å². The first-order valence-corrected chi connectivity index (χ1v) is 5.47. The van der Waals surface area contributed by atoms with E-state index in [1.54, 1.807) is 0 Å². The summed E-state index contributed by atoms with van der Waals surface area (Å²) < 4.78 is 0. The Kier molecular flexibility index (Phi) is 1.96. The second-order valence-corrected chi connectivity index (χ2v) is 4.27. The summed E-state index contributed by atoms with van der Waals surface area (Å²) in [5.41, 5.74) is 2.66. The number of carboxylic acids is 1. The molecule has 1 fully saturated rings. The predicted molar refractivity (Wildman–Crippen MR) is 59.6 cm³/mol. The number of aromatic amines is 1. The maximum absolute atomic E-state index is 11.0. The minimum absolute atomic E-state index is 0.260. The molecule has 4 heteroatoms. The molecular weight excluding hydrogens is 204 g/mol. The van der Waals surface area contributed by atoms with Crippen LogP contribution in [0.4, 0.5) is 0 Å². The van der Waals surface area contributed by atoms with Gasteiger partial charge in [0.1, 0.15) is 11.1 Å². The number of carboxylic acid groups (broad SMARTS) is 1. The van der Waals surface area contributed by atoms with E-state index in [4.69, 9.17) is 5.11 Å². The van der Waals surface area contributed by atoms with Gasteiger partial charge in [0.25, 0.3) is 0 Å². The van der Waals surface area contributed by atoms with Gasteiger partial charge in [-0.1, -0.05) is 6.42 Å². The number of nitrogens with zero attached hydrogens (tertiary/aromatic N) is 1. The summed E-state index contributed by atoms with van der Waals surface area (Å²) in [6, 6.07) is 3.91. The molecule has 1 aliphatic rings. The Balaban J connectivity index is 2.13. The predicted octanol–water partition coefficient (Wildman–Crippen LogP) is 2.53. The number of aromatic carboxylic acids is 1. The fraction of sp³-hybridized carbons (Fsp3) is 0.333. The molecule has 0 saturated heterocycles. The van der Waals surface area contributed by atoms with Gasteiger partial charge in [-0.25, -0.2) is 4.79 Å². The van der Waals surface area contributed by atoms with Gasteiger partial charge in [0.2, 0.25) is 0 Å². The highest BCUT2D eigenvalue weighted by Crippen LogP contribution is 2.36. The molecule has 2 aromatic heterocycles. The van der Waals surface area contributed by atoms with Gasteiger partial charge in [-0.3, -0.25) is 4.98 Å². The van der Waals surface area contributed by atoms with Crippen LogP contribution in [0.2, 0.25) is 0 Å². The van der Waals surface area contributed by atoms with Crippen LogP contribution < -0.4 is 0 Å². The molecule has 0 spiro atoms. The quantitative estimate of drug-likeness (QED) is 0.810. The van der Waals surface area contributed by atoms with E-state index in [9.17, 15) is 4.79 Å². The first-order valence-electron chi connectivity index (χ1n) is 5.47. The molecule has 82 valence electrons. The van der Waals surface area contributed by atoms with Crippen molar-refractivity contribution in [2.45, 2.75) is 25.2 Å². The number of pyridine rings is 1. The van der Waals surface area contributed by atoms with Gasteiger partial charge in [-0.05, 0) is 25.0 Å². The van der Waals surface area contributed by atoms with E-state index >= 15 is 0 Å². The molecule has 0 aromatic carbocycles. The van der Waals surface area contributed by atoms with E-state index in [1.165, 1.54) is 25.5 Å². The fourth-order valence-electron chi connectivity index (χ4n) is 2.11. The monoisotopic (exact) mass is 216 g/mol. The molecule has 1 aliphatic carbocycles. The van der Waals surface area contributed by atoms with Crippen LogP contribution in [-0.2, 0) is 0 Å². The molecule has 4 nitrogen and oxygen atoms in total. The normalized spacial score (nSPS) is 16.2. The zero-order valence-corrected chi connectivity index (χ0v) is 8.73. The summed E-state index contributed by atoms with van der Waals surface area (Å²) in [7, 11) is 0. The average molecular weight is 216 g/mol. The Hall–Kier alpha value is -1.84. The van der Waals surface area contributed by atoms with Crippen LogP contribution in [0.15, 0.2) is 18.3 Å². The highest BCUT2D eigenvalue weighted by atomic mass is 16.4. The molecule has 0 atom stereocenters. The van der Waals surface area contributed by atoms with Crippen LogP contribution in [0, 0.1) is 0 Å². The third-order valence-corrected chi connectivity index (χ3v) is 3.30. The maximum Gasteiger partial charge on any atom is 0.339 e. The van der Waals surface area contributed by atoms with E-state index in [1.807, 2.05) is 12.1 Å². The summed E-state index contributed by atoms with van der Waals surface area (Å²) in [5.74, 6) is -0.398. The summed E-state index contributed by atoms with van der Waals surface area (Å²) in [6.07, 6.45) is 5.10. The second kappa shape index (κ2) is 3.33. The maximum atomic E-state index is 11.0. The molecule has 0 amide bonds. The van der Waals surface area contributed by atoms with E-state index in [-0.39, 0.29) is 5.56 Å². The lowest BCUT2D eigenvalue weighted by Crippen LogP contribution is -2.10. The summed E-state index contributed by atoms with van der Waals surface area (Å²) >= 11 is 0. The van der Waals surface area contributed by atoms with Crippen LogP contribution in [-0.4, -0.2) is 21.0 Å². The fourth-order valence-corrected chi connectivity index (χ4v) is 2.11. The minimum atomic E-state index is -0.926. The third kappa shape index (κ3) is 1.30. The van der Waals surface area contributed by atoms with Crippen molar-refractivity contribution in [3.63, 3.8) is 0 Å². The van der Waals surface area contributed by atoms with Crippen LogP contribution in [0.5, 0.6) is 0 Å². The number of aromatic nitrogens is 2. The van der Waals surface area contributed by atoms with Gasteiger partial charge < -0.3 is 10.1 Å². The molecule has 2 N–H and O–H groups in total. The number of hydrogen-bond acceptors (Lipinski definition) is 2. The van der Waals surface area contributed by atoms with Crippen molar-refractivity contribution in [3.05, 3.63) is 29.6 Å². The topological polar surface area (TPSA) is 66.0 Å². The molecular formula is C12H12N2O2. The molecule has 2 heterocycles. The van der Waals surface area contributed by atoms with Gasteiger partial charge in [0, 0.05) is 17.8 Å². The summed E-state index contributed by atoms with van der Waals surface area (Å²) in [5, 5.41) is 9.01. The molecule has 3 rings (SSSR count). The van der Waals surface area contributed by atoms with Crippen LogP contribution in [0.25, 0.3) is 11.0 Å². The molecule has 0 unspecified atom stereocenters. The highest BCUT2D eigenvalue weighted by molar-refractivity contribution is 6.01. The molecule has 2 aromatic rings. The van der Waals surface area contributed by atoms with Gasteiger partial charge in [0.15, 0.2) is 0 Å². The Labute approximate surface area is 92.3 Å². The lowest BCUT2D eigenvalue weighted by molar-refractivity contribution is 0.0699. The van der Waals surface area contributed by atoms with Crippen molar-refractivity contribution in [2.75, 3.05) is 0 Å². The van der Waals surface area contributed by atoms with Gasteiger partial charge in [-0.2, -0.15) is 0 Å². The summed E-state index contributed by atoms with van der Waals surface area (Å²) in [6.45, 7) is 0. The van der Waals surface area contributed by atoms with Crippen molar-refractivity contribution in [1.82, 2.24) is 9.97 Å². The van der Waals surface area contributed by atoms with Crippen LogP contribution >= 0.6 is 0 Å². The Bertz CT molecular complexity index is 555. The lowest BCUT2D eigenvalue weighted by Gasteiger charge is -2.24. The van der Waals surface area contributed by atoms with E-state index in [2.05, 4.69) is 9.97 Å². The average Bonchev–Trinajstić information content (AvgIpc) is 2.57. The molecule has 0 bridgehead atoms. The number of hydrogen-bond donors (Lipinski definition) is 2. The van der Waals surface area contributed by atoms with Crippen molar-refractivity contribution >= 4 is 17.0 Å². The second-order valence-electron chi connectivity index (χ2n) is 4.27. The standard InChI is InChI=1S/C12H12N2O2/c15-12(16)8-6-13-10-5-4-9(14-11(8)10)7-2-1-3-7/h4-7,13H,1-3H2,(H,15,16). The lowest BCUT2D eigenvalue weighted by atomic mass is 9.82. The van der Waals surface area contributed by atoms with E-state index in [0.717, 1.165) is 11.2 Å². The van der Waals surface area contributed by atoms with E-state index in [0.29, 0.717) is 11.4 Å². The molecule has 1 saturated carbocycles. The third-order valence-electron chi connectivity index (χ3n) is 3.30. The van der Waals surface area contributed by atoms with Crippen LogP contribution in [0.3, 0.4) is 0 Å². The SMILES string of the molecule is O=C(O)c1c[nH]c2ccc(C3CCC3)nc12. The van der Waals surface area contributed by atoms with Crippen molar-refractivity contribution in [3.8, 4) is 0 Å². The van der Waals surface area contributed by atoms with Gasteiger partial charge >= 0.3 is 5.97 Å². The van der Waals surface area contributed by atoms with Crippen molar-refractivity contribution in [2.24, 2.45) is 0 Å². The molecule has 16 heavy (non-hydrogen) atoms. The highest BCUT2D eigenvalue weighted by Gasteiger charge is 2.22. The summed E-state index contributed by atoms with van der Waals surface area (Å²) in [4.78, 5) is 18.4. The molecule has 0 aliphatic heterocycles. The Morgan fingerprint density at radius 3 is 2.88 bits per heavy atom. The zero-order chi connectivity index (χ0) is 11.1. The first-order chi connectivity index (χ1) is 7.75. The number of carbonyl (C=O) groups is 1. The Morgan fingerprint density at radius 2 is 2.25 bits per heavy atom. The Morgan fingerprint density at radius 1 is 1.44 bits per heavy atom. The number of nitrogens with one attached hydrogen (secondary N) is 1. The van der Waals surface area contributed by atoms with Gasteiger partial charge in [0.05, 0.1) is 5.52 Å². The zero-order valence-electron chi connectivity index (χ0n) is 8.73. The number of H-pyrrole nitrogens is 1. The smallest absolute Gasteiger partial charge is 0.339 e. The van der Waals surface area contributed by atoms with Gasteiger partial charge in [-0.15, -0.1) is 0 Å². The van der Waals surface area contributed by atoms with Crippen LogP contribution in [0.1, 0.15) is 41.2 Å². The number of fused-ring (bicyclic) bond motifs is 1. The van der Waals surface area contributed by atoms with Crippen molar-refractivity contribution in [1.29, 1.82) is 0 Å². The largest absolute Gasteiger partial charge is 0.478 e. The molecule has 0 radical (unpaired) electrons. The minimum Gasteiger partial charge on any atom is -0.478 e.